The van der Waals surface area contributed by atoms with Crippen molar-refractivity contribution in [3.8, 4) is 0 Å². The van der Waals surface area contributed by atoms with E-state index in [0.717, 1.165) is 25.8 Å². The molecule has 2 saturated heterocycles. The van der Waals surface area contributed by atoms with E-state index in [1.165, 1.54) is 25.0 Å². The Morgan fingerprint density at radius 1 is 1.67 bits per heavy atom. The summed E-state index contributed by atoms with van der Waals surface area (Å²) in [4.78, 5) is 11.8. The summed E-state index contributed by atoms with van der Waals surface area (Å²) in [6.07, 6.45) is 4.26. The Labute approximate surface area is 95.3 Å². The highest BCUT2D eigenvalue weighted by atomic mass is 32.2. The zero-order chi connectivity index (χ0) is 10.7. The highest BCUT2D eigenvalue weighted by Gasteiger charge is 2.43. The summed E-state index contributed by atoms with van der Waals surface area (Å²) in [5, 5.41) is 3.36. The van der Waals surface area contributed by atoms with Gasteiger partial charge in [0.25, 0.3) is 0 Å². The summed E-state index contributed by atoms with van der Waals surface area (Å²) in [5.41, 5.74) is -0.357. The van der Waals surface area contributed by atoms with Crippen LogP contribution in [0, 0.1) is 5.92 Å². The highest BCUT2D eigenvalue weighted by Crippen LogP contribution is 2.34. The van der Waals surface area contributed by atoms with Gasteiger partial charge in [-0.25, -0.2) is 0 Å². The van der Waals surface area contributed by atoms with Crippen molar-refractivity contribution in [1.29, 1.82) is 0 Å². The third-order valence-electron chi connectivity index (χ3n) is 3.48. The predicted octanol–water partition coefficient (Wildman–Crippen LogP) is 1.42. The molecule has 2 heterocycles. The van der Waals surface area contributed by atoms with Crippen molar-refractivity contribution in [2.24, 2.45) is 5.92 Å². The molecular formula is C11H19NO2S. The number of methoxy groups -OCH3 is 1. The van der Waals surface area contributed by atoms with Gasteiger partial charge in [-0.15, -0.1) is 0 Å². The number of carbonyl (C=O) groups excluding carboxylic acids is 1. The SMILES string of the molecule is COC(=O)C1(CC2CCSC2)CCCN1. The third-order valence-corrected chi connectivity index (χ3v) is 4.71. The summed E-state index contributed by atoms with van der Waals surface area (Å²) in [5.74, 6) is 3.10. The maximum atomic E-state index is 11.8. The molecule has 0 radical (unpaired) electrons. The van der Waals surface area contributed by atoms with Gasteiger partial charge in [-0.1, -0.05) is 0 Å². The Kier molecular flexibility index (Phi) is 3.57. The Balaban J connectivity index is 2.01. The van der Waals surface area contributed by atoms with Crippen LogP contribution in [-0.4, -0.2) is 36.7 Å². The van der Waals surface area contributed by atoms with Crippen LogP contribution in [0.2, 0.25) is 0 Å². The first kappa shape index (κ1) is 11.3. The highest BCUT2D eigenvalue weighted by molar-refractivity contribution is 7.99. The minimum atomic E-state index is -0.357. The van der Waals surface area contributed by atoms with E-state index in [2.05, 4.69) is 5.32 Å². The monoisotopic (exact) mass is 229 g/mol. The van der Waals surface area contributed by atoms with Crippen LogP contribution in [0.4, 0.5) is 0 Å². The van der Waals surface area contributed by atoms with Crippen LogP contribution >= 0.6 is 11.8 Å². The van der Waals surface area contributed by atoms with Crippen molar-refractivity contribution >= 4 is 17.7 Å². The average Bonchev–Trinajstić information content (AvgIpc) is 2.89. The van der Waals surface area contributed by atoms with Crippen molar-refractivity contribution in [3.63, 3.8) is 0 Å². The summed E-state index contributed by atoms with van der Waals surface area (Å²) >= 11 is 2.00. The Hall–Kier alpha value is -0.220. The molecule has 2 rings (SSSR count). The van der Waals surface area contributed by atoms with Crippen molar-refractivity contribution < 1.29 is 9.53 Å². The first-order valence-corrected chi connectivity index (χ1v) is 6.83. The van der Waals surface area contributed by atoms with Crippen LogP contribution in [0.1, 0.15) is 25.7 Å². The van der Waals surface area contributed by atoms with Gasteiger partial charge in [-0.2, -0.15) is 11.8 Å². The number of thioether (sulfide) groups is 1. The smallest absolute Gasteiger partial charge is 0.326 e. The summed E-state index contributed by atoms with van der Waals surface area (Å²) in [6.45, 7) is 0.953. The van der Waals surface area contributed by atoms with Gasteiger partial charge in [0.15, 0.2) is 0 Å². The van der Waals surface area contributed by atoms with Crippen LogP contribution in [-0.2, 0) is 9.53 Å². The van der Waals surface area contributed by atoms with E-state index in [1.54, 1.807) is 0 Å². The van der Waals surface area contributed by atoms with Gasteiger partial charge in [-0.3, -0.25) is 4.79 Å². The molecule has 0 aliphatic carbocycles. The first-order chi connectivity index (χ1) is 7.27. The molecule has 86 valence electrons. The molecule has 15 heavy (non-hydrogen) atoms. The molecule has 3 nitrogen and oxygen atoms in total. The average molecular weight is 229 g/mol. The van der Waals surface area contributed by atoms with E-state index in [9.17, 15) is 4.79 Å². The molecule has 2 unspecified atom stereocenters. The molecule has 2 atom stereocenters. The van der Waals surface area contributed by atoms with E-state index < -0.39 is 0 Å². The van der Waals surface area contributed by atoms with Gasteiger partial charge in [0.1, 0.15) is 5.54 Å². The second-order valence-corrected chi connectivity index (χ2v) is 5.69. The van der Waals surface area contributed by atoms with Gasteiger partial charge in [0.2, 0.25) is 0 Å². The molecule has 0 aromatic rings. The molecular weight excluding hydrogens is 210 g/mol. The number of rotatable bonds is 3. The van der Waals surface area contributed by atoms with Crippen LogP contribution < -0.4 is 5.32 Å². The molecule has 4 heteroatoms. The van der Waals surface area contributed by atoms with Crippen LogP contribution in [0.15, 0.2) is 0 Å². The zero-order valence-electron chi connectivity index (χ0n) is 9.25. The van der Waals surface area contributed by atoms with E-state index in [4.69, 9.17) is 4.74 Å². The molecule has 1 N–H and O–H groups in total. The molecule has 2 fully saturated rings. The van der Waals surface area contributed by atoms with Crippen LogP contribution in [0.25, 0.3) is 0 Å². The second kappa shape index (κ2) is 4.74. The number of hydrogen-bond donors (Lipinski definition) is 1. The topological polar surface area (TPSA) is 38.3 Å². The molecule has 0 bridgehead atoms. The number of carbonyl (C=O) groups is 1. The van der Waals surface area contributed by atoms with Crippen molar-refractivity contribution in [2.75, 3.05) is 25.2 Å². The molecule has 0 amide bonds. The lowest BCUT2D eigenvalue weighted by atomic mass is 9.85. The summed E-state index contributed by atoms with van der Waals surface area (Å²) in [6, 6.07) is 0. The van der Waals surface area contributed by atoms with Gasteiger partial charge in [0.05, 0.1) is 7.11 Å². The molecule has 0 aromatic heterocycles. The summed E-state index contributed by atoms with van der Waals surface area (Å²) < 4.78 is 4.94. The number of nitrogens with one attached hydrogen (secondary N) is 1. The lowest BCUT2D eigenvalue weighted by Crippen LogP contribution is -2.49. The maximum absolute atomic E-state index is 11.8. The van der Waals surface area contributed by atoms with Crippen molar-refractivity contribution in [3.05, 3.63) is 0 Å². The number of ether oxygens (including phenoxy) is 1. The Morgan fingerprint density at radius 2 is 2.53 bits per heavy atom. The lowest BCUT2D eigenvalue weighted by molar-refractivity contribution is -0.148. The van der Waals surface area contributed by atoms with E-state index >= 15 is 0 Å². The van der Waals surface area contributed by atoms with E-state index in [-0.39, 0.29) is 11.5 Å². The number of hydrogen-bond acceptors (Lipinski definition) is 4. The second-order valence-electron chi connectivity index (χ2n) is 4.54. The Bertz CT molecular complexity index is 233. The predicted molar refractivity (Wildman–Crippen MR) is 62.0 cm³/mol. The van der Waals surface area contributed by atoms with Gasteiger partial charge < -0.3 is 10.1 Å². The molecule has 0 spiro atoms. The first-order valence-electron chi connectivity index (χ1n) is 5.68. The fourth-order valence-corrected chi connectivity index (χ4v) is 3.96. The Morgan fingerprint density at radius 3 is 3.07 bits per heavy atom. The van der Waals surface area contributed by atoms with Crippen LogP contribution in [0.5, 0.6) is 0 Å². The van der Waals surface area contributed by atoms with Gasteiger partial charge in [-0.05, 0) is 49.7 Å². The molecule has 2 aliphatic rings. The molecule has 2 aliphatic heterocycles. The molecule has 0 saturated carbocycles. The third kappa shape index (κ3) is 2.31. The van der Waals surface area contributed by atoms with Gasteiger partial charge in [0, 0.05) is 0 Å². The quantitative estimate of drug-likeness (QED) is 0.743. The van der Waals surface area contributed by atoms with Crippen molar-refractivity contribution in [1.82, 2.24) is 5.32 Å². The maximum Gasteiger partial charge on any atom is 0.326 e. The summed E-state index contributed by atoms with van der Waals surface area (Å²) in [7, 11) is 1.49. The van der Waals surface area contributed by atoms with Crippen molar-refractivity contribution in [2.45, 2.75) is 31.2 Å². The fourth-order valence-electron chi connectivity index (χ4n) is 2.67. The minimum Gasteiger partial charge on any atom is -0.468 e. The lowest BCUT2D eigenvalue weighted by Gasteiger charge is -2.28. The minimum absolute atomic E-state index is 0.0584. The number of esters is 1. The molecule has 0 aromatic carbocycles. The zero-order valence-corrected chi connectivity index (χ0v) is 10.1. The largest absolute Gasteiger partial charge is 0.468 e. The normalized spacial score (nSPS) is 35.7. The van der Waals surface area contributed by atoms with E-state index in [0.29, 0.717) is 5.92 Å². The van der Waals surface area contributed by atoms with Crippen LogP contribution in [0.3, 0.4) is 0 Å². The van der Waals surface area contributed by atoms with Gasteiger partial charge >= 0.3 is 5.97 Å². The van der Waals surface area contributed by atoms with E-state index in [1.807, 2.05) is 11.8 Å². The standard InChI is InChI=1S/C11H19NO2S/c1-14-10(13)11(4-2-5-12-11)7-9-3-6-15-8-9/h9,12H,2-8H2,1H3. The fraction of sp³-hybridized carbons (Fsp3) is 0.909.